The quantitative estimate of drug-likeness (QED) is 0.0432. The second kappa shape index (κ2) is 24.6. The molecule has 17 heteroatoms. The molecule has 0 fully saturated rings. The molecule has 62 heavy (non-hydrogen) atoms. The Balaban J connectivity index is 1.60. The number of carbonyl (C=O) groups excluding carboxylic acids is 6. The summed E-state index contributed by atoms with van der Waals surface area (Å²) in [5.41, 5.74) is 14.8. The molecule has 4 aromatic rings. The number of nitrogens with one attached hydrogen (secondary N) is 7. The normalized spacial score (nSPS) is 13.5. The van der Waals surface area contributed by atoms with Crippen LogP contribution in [0.25, 0.3) is 10.9 Å². The Labute approximate surface area is 360 Å². The van der Waals surface area contributed by atoms with Gasteiger partial charge in [-0.2, -0.15) is 0 Å². The third-order valence-corrected chi connectivity index (χ3v) is 10.0. The predicted molar refractivity (Wildman–Crippen MR) is 234 cm³/mol. The maximum Gasteiger partial charge on any atom is 0.305 e. The van der Waals surface area contributed by atoms with Crippen molar-refractivity contribution < 1.29 is 38.7 Å². The Morgan fingerprint density at radius 2 is 1.26 bits per heavy atom. The third-order valence-electron chi connectivity index (χ3n) is 10.0. The molecule has 332 valence electrons. The number of benzene rings is 3. The Morgan fingerprint density at radius 1 is 0.677 bits per heavy atom. The van der Waals surface area contributed by atoms with Crippen LogP contribution in [-0.4, -0.2) is 94.8 Å². The maximum atomic E-state index is 14.3. The Morgan fingerprint density at radius 3 is 1.90 bits per heavy atom. The standard InChI is InChI=1S/C45H59N9O8/c1-28(2)21-32(46)27-50-36(24-40(56)51-25-30-13-7-4-8-14-30)44(61)52-35(17-18-39(47)55)43(60)54-38(23-31-26-49-34-16-10-9-15-33(31)34)45(62)53-37(22-29-11-5-3-6-12-29)42(59)48-20-19-41(57)58/h3-16,26,28,32,35-38,49-50H,17-25,27,46H2,1-2H3,(H2,47,55)(H,48,59)(H,51,56)(H,52,61)(H,53,62)(H,54,60)(H,57,58)/t32-,35-,36-,37-,38-/m0/s1. The smallest absolute Gasteiger partial charge is 0.305 e. The van der Waals surface area contributed by atoms with Crippen LogP contribution in [0.15, 0.2) is 91.1 Å². The van der Waals surface area contributed by atoms with E-state index in [1.807, 2.05) is 68.4 Å². The molecule has 0 aliphatic carbocycles. The average Bonchev–Trinajstić information content (AvgIpc) is 3.65. The van der Waals surface area contributed by atoms with Gasteiger partial charge in [0.2, 0.25) is 35.4 Å². The number of carboxylic acid groups (broad SMARTS) is 1. The second-order valence-corrected chi connectivity index (χ2v) is 15.7. The minimum atomic E-state index is -1.39. The van der Waals surface area contributed by atoms with E-state index in [1.165, 1.54) is 0 Å². The van der Waals surface area contributed by atoms with E-state index < -0.39 is 65.6 Å². The van der Waals surface area contributed by atoms with Gasteiger partial charge in [0.25, 0.3) is 0 Å². The molecular weight excluding hydrogens is 795 g/mol. The zero-order valence-corrected chi connectivity index (χ0v) is 35.2. The highest BCUT2D eigenvalue weighted by atomic mass is 16.4. The predicted octanol–water partition coefficient (Wildman–Crippen LogP) is 1.30. The van der Waals surface area contributed by atoms with E-state index in [-0.39, 0.29) is 70.1 Å². The van der Waals surface area contributed by atoms with Gasteiger partial charge in [0.1, 0.15) is 18.1 Å². The van der Waals surface area contributed by atoms with Crippen LogP contribution in [0, 0.1) is 5.92 Å². The lowest BCUT2D eigenvalue weighted by atomic mass is 10.0. The van der Waals surface area contributed by atoms with Gasteiger partial charge in [0.05, 0.1) is 18.9 Å². The van der Waals surface area contributed by atoms with Gasteiger partial charge in [-0.25, -0.2) is 0 Å². The number of aromatic amines is 1. The summed E-state index contributed by atoms with van der Waals surface area (Å²) in [6.45, 7) is 4.24. The van der Waals surface area contributed by atoms with Gasteiger partial charge in [-0.3, -0.25) is 33.6 Å². The van der Waals surface area contributed by atoms with Gasteiger partial charge in [0, 0.05) is 62.0 Å². The molecule has 0 aliphatic rings. The molecule has 4 rings (SSSR count). The minimum absolute atomic E-state index is 0.0463. The summed E-state index contributed by atoms with van der Waals surface area (Å²) in [6.07, 6.45) is 1.14. The third kappa shape index (κ3) is 16.5. The lowest BCUT2D eigenvalue weighted by Gasteiger charge is -2.27. The van der Waals surface area contributed by atoms with Crippen molar-refractivity contribution in [3.05, 3.63) is 108 Å². The Hall–Kier alpha value is -6.59. The minimum Gasteiger partial charge on any atom is -0.481 e. The fraction of sp³-hybridized carbons (Fsp3) is 0.400. The summed E-state index contributed by atoms with van der Waals surface area (Å²) >= 11 is 0. The summed E-state index contributed by atoms with van der Waals surface area (Å²) in [6, 6.07) is 20.1. The van der Waals surface area contributed by atoms with Crippen LogP contribution in [0.1, 0.15) is 62.6 Å². The fourth-order valence-electron chi connectivity index (χ4n) is 6.87. The van der Waals surface area contributed by atoms with Crippen LogP contribution < -0.4 is 43.4 Å². The van der Waals surface area contributed by atoms with Crippen molar-refractivity contribution in [3.63, 3.8) is 0 Å². The maximum absolute atomic E-state index is 14.3. The van der Waals surface area contributed by atoms with Crippen molar-refractivity contribution >= 4 is 52.3 Å². The lowest BCUT2D eigenvalue weighted by Crippen LogP contribution is -2.59. The van der Waals surface area contributed by atoms with Crippen LogP contribution in [0.2, 0.25) is 0 Å². The number of primary amides is 1. The monoisotopic (exact) mass is 853 g/mol. The molecule has 0 spiro atoms. The number of carboxylic acids is 1. The van der Waals surface area contributed by atoms with E-state index in [0.29, 0.717) is 17.5 Å². The van der Waals surface area contributed by atoms with E-state index in [4.69, 9.17) is 16.6 Å². The molecule has 0 saturated carbocycles. The number of aromatic nitrogens is 1. The molecule has 1 heterocycles. The topological polar surface area (TPSA) is 280 Å². The molecule has 0 radical (unpaired) electrons. The molecular formula is C45H59N9O8. The largest absolute Gasteiger partial charge is 0.481 e. The number of nitrogens with two attached hydrogens (primary N) is 2. The number of rotatable bonds is 26. The van der Waals surface area contributed by atoms with E-state index in [9.17, 15) is 33.6 Å². The first-order valence-electron chi connectivity index (χ1n) is 20.8. The highest BCUT2D eigenvalue weighted by Crippen LogP contribution is 2.20. The molecule has 3 aromatic carbocycles. The molecule has 12 N–H and O–H groups in total. The van der Waals surface area contributed by atoms with Gasteiger partial charge in [-0.1, -0.05) is 92.7 Å². The van der Waals surface area contributed by atoms with Crippen molar-refractivity contribution in [2.75, 3.05) is 13.1 Å². The summed E-state index contributed by atoms with van der Waals surface area (Å²) in [5, 5.41) is 26.5. The van der Waals surface area contributed by atoms with Gasteiger partial charge in [-0.15, -0.1) is 0 Å². The van der Waals surface area contributed by atoms with Crippen LogP contribution in [0.4, 0.5) is 0 Å². The van der Waals surface area contributed by atoms with Crippen molar-refractivity contribution in [2.24, 2.45) is 17.4 Å². The van der Waals surface area contributed by atoms with Gasteiger partial charge < -0.3 is 53.5 Å². The fourth-order valence-corrected chi connectivity index (χ4v) is 6.87. The van der Waals surface area contributed by atoms with Gasteiger partial charge in [0.15, 0.2) is 0 Å². The van der Waals surface area contributed by atoms with E-state index in [1.54, 1.807) is 36.5 Å². The van der Waals surface area contributed by atoms with E-state index in [0.717, 1.165) is 16.5 Å². The first kappa shape index (κ1) is 48.1. The highest BCUT2D eigenvalue weighted by molar-refractivity contribution is 5.96. The first-order valence-corrected chi connectivity index (χ1v) is 20.8. The zero-order chi connectivity index (χ0) is 45.0. The van der Waals surface area contributed by atoms with E-state index in [2.05, 4.69) is 36.9 Å². The lowest BCUT2D eigenvalue weighted by molar-refractivity contribution is -0.137. The molecule has 0 saturated heterocycles. The molecule has 1 aromatic heterocycles. The number of hydrogen-bond donors (Lipinski definition) is 10. The van der Waals surface area contributed by atoms with E-state index >= 15 is 0 Å². The second-order valence-electron chi connectivity index (χ2n) is 15.7. The number of para-hydroxylation sites is 1. The molecule has 5 atom stereocenters. The number of amides is 6. The number of H-pyrrole nitrogens is 1. The average molecular weight is 854 g/mol. The number of fused-ring (bicyclic) bond motifs is 1. The van der Waals surface area contributed by atoms with Gasteiger partial charge >= 0.3 is 5.97 Å². The SMILES string of the molecule is CC(C)C[C@H](N)CN[C@@H](CC(=O)NCc1ccccc1)C(=O)N[C@@H](CCC(N)=O)C(=O)N[C@@H](Cc1c[nH]c2ccccc12)C(=O)N[C@@H](Cc1ccccc1)C(=O)NCCC(=O)O. The first-order chi connectivity index (χ1) is 29.7. The summed E-state index contributed by atoms with van der Waals surface area (Å²) < 4.78 is 0. The number of carbonyl (C=O) groups is 7. The van der Waals surface area contributed by atoms with Crippen molar-refractivity contribution in [3.8, 4) is 0 Å². The summed E-state index contributed by atoms with van der Waals surface area (Å²) in [7, 11) is 0. The van der Waals surface area contributed by atoms with Crippen molar-refractivity contribution in [1.82, 2.24) is 36.9 Å². The zero-order valence-electron chi connectivity index (χ0n) is 35.2. The van der Waals surface area contributed by atoms with Crippen LogP contribution in [-0.2, 0) is 52.9 Å². The molecule has 0 unspecified atom stereocenters. The molecule has 6 amide bonds. The summed E-state index contributed by atoms with van der Waals surface area (Å²) in [5.74, 6) is -4.95. The number of aliphatic carboxylic acids is 1. The van der Waals surface area contributed by atoms with Gasteiger partial charge in [-0.05, 0) is 41.5 Å². The molecule has 0 bridgehead atoms. The van der Waals surface area contributed by atoms with Crippen LogP contribution >= 0.6 is 0 Å². The Bertz CT molecular complexity index is 2110. The van der Waals surface area contributed by atoms with Crippen LogP contribution in [0.5, 0.6) is 0 Å². The Kier molecular flexibility index (Phi) is 19.1. The highest BCUT2D eigenvalue weighted by Gasteiger charge is 2.33. The van der Waals surface area contributed by atoms with Crippen molar-refractivity contribution in [2.45, 2.75) is 95.5 Å². The number of hydrogen-bond acceptors (Lipinski definition) is 9. The molecule has 17 nitrogen and oxygen atoms in total. The van der Waals surface area contributed by atoms with Crippen molar-refractivity contribution in [1.29, 1.82) is 0 Å². The van der Waals surface area contributed by atoms with Crippen LogP contribution in [0.3, 0.4) is 0 Å². The summed E-state index contributed by atoms with van der Waals surface area (Å²) in [4.78, 5) is 95.6. The molecule has 0 aliphatic heterocycles.